The molecular formula is C15H22N4O. The van der Waals surface area contributed by atoms with E-state index in [2.05, 4.69) is 20.5 Å². The first-order valence-corrected chi connectivity index (χ1v) is 7.49. The van der Waals surface area contributed by atoms with E-state index in [1.807, 2.05) is 6.92 Å². The van der Waals surface area contributed by atoms with Crippen molar-refractivity contribution in [2.45, 2.75) is 25.8 Å². The van der Waals surface area contributed by atoms with Crippen LogP contribution in [0.4, 0.5) is 5.69 Å². The van der Waals surface area contributed by atoms with Crippen molar-refractivity contribution in [3.63, 3.8) is 0 Å². The van der Waals surface area contributed by atoms with Gasteiger partial charge in [0, 0.05) is 25.3 Å². The quantitative estimate of drug-likeness (QED) is 0.870. The Kier molecular flexibility index (Phi) is 3.87. The first-order valence-electron chi connectivity index (χ1n) is 7.49. The van der Waals surface area contributed by atoms with Gasteiger partial charge in [-0.1, -0.05) is 0 Å². The minimum Gasteiger partial charge on any atom is -0.383 e. The number of hydrogen-bond acceptors (Lipinski definition) is 4. The molecule has 1 aromatic rings. The van der Waals surface area contributed by atoms with Gasteiger partial charge in [0.2, 0.25) is 0 Å². The maximum atomic E-state index is 12.5. The van der Waals surface area contributed by atoms with Crippen LogP contribution >= 0.6 is 0 Å². The van der Waals surface area contributed by atoms with Crippen molar-refractivity contribution >= 4 is 11.6 Å². The highest BCUT2D eigenvalue weighted by Gasteiger charge is 2.35. The average molecular weight is 274 g/mol. The Morgan fingerprint density at radius 2 is 2.25 bits per heavy atom. The van der Waals surface area contributed by atoms with Gasteiger partial charge >= 0.3 is 0 Å². The van der Waals surface area contributed by atoms with Gasteiger partial charge in [0.1, 0.15) is 0 Å². The number of nitrogens with zero attached hydrogens (tertiary/aromatic N) is 2. The van der Waals surface area contributed by atoms with E-state index >= 15 is 0 Å². The number of anilines is 1. The SMILES string of the molecule is CCNc1cnccc1C(=O)NC1CN2CCC1CC2. The molecule has 5 nitrogen and oxygen atoms in total. The smallest absolute Gasteiger partial charge is 0.253 e. The fourth-order valence-corrected chi connectivity index (χ4v) is 3.30. The third kappa shape index (κ3) is 2.63. The summed E-state index contributed by atoms with van der Waals surface area (Å²) in [4.78, 5) is 19.0. The zero-order chi connectivity index (χ0) is 13.9. The third-order valence-electron chi connectivity index (χ3n) is 4.41. The van der Waals surface area contributed by atoms with Gasteiger partial charge in [-0.05, 0) is 44.8 Å². The Bertz CT molecular complexity index is 483. The van der Waals surface area contributed by atoms with Crippen molar-refractivity contribution in [3.05, 3.63) is 24.0 Å². The summed E-state index contributed by atoms with van der Waals surface area (Å²) in [5.41, 5.74) is 1.51. The van der Waals surface area contributed by atoms with Gasteiger partial charge in [0.05, 0.1) is 17.4 Å². The van der Waals surface area contributed by atoms with E-state index in [0.717, 1.165) is 18.8 Å². The average Bonchev–Trinajstić information content (AvgIpc) is 2.49. The van der Waals surface area contributed by atoms with Gasteiger partial charge in [0.15, 0.2) is 0 Å². The number of hydrogen-bond donors (Lipinski definition) is 2. The van der Waals surface area contributed by atoms with Gasteiger partial charge in [-0.15, -0.1) is 0 Å². The molecule has 20 heavy (non-hydrogen) atoms. The van der Waals surface area contributed by atoms with Gasteiger partial charge < -0.3 is 15.5 Å². The van der Waals surface area contributed by atoms with E-state index in [4.69, 9.17) is 0 Å². The third-order valence-corrected chi connectivity index (χ3v) is 4.41. The highest BCUT2D eigenvalue weighted by atomic mass is 16.1. The first-order chi connectivity index (χ1) is 9.78. The fourth-order valence-electron chi connectivity index (χ4n) is 3.30. The molecular weight excluding hydrogens is 252 g/mol. The molecule has 5 heteroatoms. The van der Waals surface area contributed by atoms with Crippen LogP contribution in [0.1, 0.15) is 30.1 Å². The largest absolute Gasteiger partial charge is 0.383 e. The summed E-state index contributed by atoms with van der Waals surface area (Å²) in [6.45, 7) is 6.18. The number of carbonyl (C=O) groups excluding carboxylic acids is 1. The van der Waals surface area contributed by atoms with E-state index in [1.54, 1.807) is 18.5 Å². The van der Waals surface area contributed by atoms with Crippen molar-refractivity contribution in [2.24, 2.45) is 5.92 Å². The molecule has 0 aliphatic carbocycles. The lowest BCUT2D eigenvalue weighted by atomic mass is 9.84. The number of aromatic nitrogens is 1. The molecule has 0 aromatic carbocycles. The molecule has 1 atom stereocenters. The van der Waals surface area contributed by atoms with Crippen LogP contribution in [0.5, 0.6) is 0 Å². The molecule has 4 heterocycles. The molecule has 0 saturated carbocycles. The normalized spacial score (nSPS) is 28.1. The van der Waals surface area contributed by atoms with E-state index in [9.17, 15) is 4.79 Å². The molecule has 1 aromatic heterocycles. The van der Waals surface area contributed by atoms with Crippen LogP contribution in [0.2, 0.25) is 0 Å². The van der Waals surface area contributed by atoms with Crippen molar-refractivity contribution in [2.75, 3.05) is 31.5 Å². The lowest BCUT2D eigenvalue weighted by molar-refractivity contribution is 0.0621. The van der Waals surface area contributed by atoms with Crippen molar-refractivity contribution in [1.82, 2.24) is 15.2 Å². The maximum Gasteiger partial charge on any atom is 0.253 e. The standard InChI is InChI=1S/C15H22N4O/c1-2-17-13-9-16-6-3-12(13)15(20)18-14-10-19-7-4-11(14)5-8-19/h3,6,9,11,14,17H,2,4-5,7-8,10H2,1H3,(H,18,20). The summed E-state index contributed by atoms with van der Waals surface area (Å²) in [6, 6.07) is 2.09. The van der Waals surface area contributed by atoms with Gasteiger partial charge in [-0.3, -0.25) is 9.78 Å². The summed E-state index contributed by atoms with van der Waals surface area (Å²) in [5.74, 6) is 0.662. The fraction of sp³-hybridized carbons (Fsp3) is 0.600. The Balaban J connectivity index is 1.70. The molecule has 4 rings (SSSR count). The van der Waals surface area contributed by atoms with Crippen molar-refractivity contribution in [1.29, 1.82) is 0 Å². The van der Waals surface area contributed by atoms with E-state index in [-0.39, 0.29) is 5.91 Å². The first kappa shape index (κ1) is 13.4. The van der Waals surface area contributed by atoms with Gasteiger partial charge in [-0.25, -0.2) is 0 Å². The topological polar surface area (TPSA) is 57.3 Å². The highest BCUT2D eigenvalue weighted by Crippen LogP contribution is 2.27. The molecule has 0 spiro atoms. The number of piperidine rings is 3. The molecule has 3 aliphatic heterocycles. The van der Waals surface area contributed by atoms with E-state index in [0.29, 0.717) is 17.5 Å². The van der Waals surface area contributed by atoms with Crippen LogP contribution in [0.25, 0.3) is 0 Å². The number of fused-ring (bicyclic) bond motifs is 3. The van der Waals surface area contributed by atoms with Gasteiger partial charge in [-0.2, -0.15) is 0 Å². The maximum absolute atomic E-state index is 12.5. The Morgan fingerprint density at radius 1 is 1.45 bits per heavy atom. The lowest BCUT2D eigenvalue weighted by Gasteiger charge is -2.44. The van der Waals surface area contributed by atoms with Crippen LogP contribution in [0, 0.1) is 5.92 Å². The van der Waals surface area contributed by atoms with E-state index in [1.165, 1.54) is 25.9 Å². The van der Waals surface area contributed by atoms with Crippen LogP contribution in [0.15, 0.2) is 18.5 Å². The molecule has 1 unspecified atom stereocenters. The number of nitrogens with one attached hydrogen (secondary N) is 2. The Labute approximate surface area is 119 Å². The molecule has 2 N–H and O–H groups in total. The van der Waals surface area contributed by atoms with Crippen LogP contribution in [0.3, 0.4) is 0 Å². The predicted molar refractivity (Wildman–Crippen MR) is 78.8 cm³/mol. The van der Waals surface area contributed by atoms with E-state index < -0.39 is 0 Å². The van der Waals surface area contributed by atoms with Crippen molar-refractivity contribution in [3.8, 4) is 0 Å². The monoisotopic (exact) mass is 274 g/mol. The second-order valence-electron chi connectivity index (χ2n) is 5.67. The molecule has 108 valence electrons. The number of pyridine rings is 1. The summed E-state index contributed by atoms with van der Waals surface area (Å²) >= 11 is 0. The second kappa shape index (κ2) is 5.79. The molecule has 3 fully saturated rings. The molecule has 0 radical (unpaired) electrons. The van der Waals surface area contributed by atoms with Crippen LogP contribution in [-0.2, 0) is 0 Å². The van der Waals surface area contributed by atoms with Crippen molar-refractivity contribution < 1.29 is 4.79 Å². The number of carbonyl (C=O) groups is 1. The van der Waals surface area contributed by atoms with Crippen LogP contribution in [-0.4, -0.2) is 48.0 Å². The summed E-state index contributed by atoms with van der Waals surface area (Å²) in [5, 5.41) is 6.41. The number of amides is 1. The predicted octanol–water partition coefficient (Wildman–Crippen LogP) is 1.34. The van der Waals surface area contributed by atoms with Crippen LogP contribution < -0.4 is 10.6 Å². The van der Waals surface area contributed by atoms with Gasteiger partial charge in [0.25, 0.3) is 5.91 Å². The minimum atomic E-state index is 0.0158. The Hall–Kier alpha value is -1.62. The minimum absolute atomic E-state index is 0.0158. The Morgan fingerprint density at radius 3 is 2.90 bits per heavy atom. The summed E-state index contributed by atoms with van der Waals surface area (Å²) in [6.07, 6.45) is 5.81. The summed E-state index contributed by atoms with van der Waals surface area (Å²) in [7, 11) is 0. The summed E-state index contributed by atoms with van der Waals surface area (Å²) < 4.78 is 0. The highest BCUT2D eigenvalue weighted by molar-refractivity contribution is 5.99. The zero-order valence-corrected chi connectivity index (χ0v) is 11.9. The lowest BCUT2D eigenvalue weighted by Crippen LogP contribution is -2.57. The molecule has 2 bridgehead atoms. The zero-order valence-electron chi connectivity index (χ0n) is 11.9. The second-order valence-corrected chi connectivity index (χ2v) is 5.67. The molecule has 1 amide bonds. The molecule has 3 saturated heterocycles. The molecule has 3 aliphatic rings. The number of rotatable bonds is 4.